The molecule has 0 radical (unpaired) electrons. The van der Waals surface area contributed by atoms with Crippen molar-refractivity contribution in [2.45, 2.75) is 6.61 Å². The van der Waals surface area contributed by atoms with E-state index in [4.69, 9.17) is 16.3 Å². The number of anilines is 2. The summed E-state index contributed by atoms with van der Waals surface area (Å²) in [6.07, 6.45) is 1.16. The van der Waals surface area contributed by atoms with E-state index in [1.807, 2.05) is 12.1 Å². The predicted octanol–water partition coefficient (Wildman–Crippen LogP) is 2.93. The number of hydrogen-bond acceptors (Lipinski definition) is 6. The van der Waals surface area contributed by atoms with Crippen molar-refractivity contribution in [2.24, 2.45) is 0 Å². The molecule has 8 heteroatoms. The molecule has 7 nitrogen and oxygen atoms in total. The lowest BCUT2D eigenvalue weighted by Gasteiger charge is -2.10. The van der Waals surface area contributed by atoms with Gasteiger partial charge in [0.1, 0.15) is 6.33 Å². The maximum atomic E-state index is 11.0. The van der Waals surface area contributed by atoms with Crippen LogP contribution in [-0.2, 0) is 11.3 Å². The van der Waals surface area contributed by atoms with Crippen molar-refractivity contribution in [1.29, 1.82) is 0 Å². The Labute approximate surface area is 119 Å². The number of benzene rings is 1. The van der Waals surface area contributed by atoms with Gasteiger partial charge in [-0.2, -0.15) is 0 Å². The lowest BCUT2D eigenvalue weighted by molar-refractivity contribution is -0.384. The second-order valence-electron chi connectivity index (χ2n) is 3.83. The van der Waals surface area contributed by atoms with Gasteiger partial charge in [0.2, 0.25) is 11.0 Å². The summed E-state index contributed by atoms with van der Waals surface area (Å²) in [5, 5.41) is 13.7. The number of nitro groups is 1. The molecule has 0 bridgehead atoms. The average Bonchev–Trinajstić information content (AvgIpc) is 2.41. The normalized spacial score (nSPS) is 10.3. The molecular weight excluding hydrogens is 284 g/mol. The van der Waals surface area contributed by atoms with E-state index in [1.165, 1.54) is 0 Å². The third kappa shape index (κ3) is 3.01. The highest BCUT2D eigenvalue weighted by Crippen LogP contribution is 2.31. The van der Waals surface area contributed by atoms with E-state index in [9.17, 15) is 10.1 Å². The minimum Gasteiger partial charge on any atom is -0.380 e. The standard InChI is InChI=1S/C12H11ClN4O3/c1-20-6-8-4-2-3-5-9(8)16-12-10(17(18)19)11(13)14-7-15-12/h2-5,7H,6H2,1H3,(H,14,15,16). The Hall–Kier alpha value is -2.25. The van der Waals surface area contributed by atoms with Gasteiger partial charge in [-0.05, 0) is 6.07 Å². The van der Waals surface area contributed by atoms with Crippen LogP contribution in [0, 0.1) is 10.1 Å². The molecule has 0 spiro atoms. The third-order valence-electron chi connectivity index (χ3n) is 2.53. The van der Waals surface area contributed by atoms with Crippen molar-refractivity contribution in [3.8, 4) is 0 Å². The van der Waals surface area contributed by atoms with Crippen molar-refractivity contribution in [1.82, 2.24) is 9.97 Å². The molecule has 1 N–H and O–H groups in total. The van der Waals surface area contributed by atoms with Crippen LogP contribution < -0.4 is 5.32 Å². The number of nitrogens with one attached hydrogen (secondary N) is 1. The zero-order valence-electron chi connectivity index (χ0n) is 10.5. The van der Waals surface area contributed by atoms with Crippen molar-refractivity contribution in [3.63, 3.8) is 0 Å². The maximum Gasteiger partial charge on any atom is 0.348 e. The Morgan fingerprint density at radius 1 is 1.40 bits per heavy atom. The van der Waals surface area contributed by atoms with Gasteiger partial charge in [0.25, 0.3) is 0 Å². The van der Waals surface area contributed by atoms with Crippen molar-refractivity contribution < 1.29 is 9.66 Å². The summed E-state index contributed by atoms with van der Waals surface area (Å²) in [6, 6.07) is 7.27. The summed E-state index contributed by atoms with van der Waals surface area (Å²) in [5.74, 6) is 0.0403. The smallest absolute Gasteiger partial charge is 0.348 e. The Kier molecular flexibility index (Phi) is 4.44. The topological polar surface area (TPSA) is 90.2 Å². The van der Waals surface area contributed by atoms with Crippen LogP contribution in [0.1, 0.15) is 5.56 Å². The fraction of sp³-hybridized carbons (Fsp3) is 0.167. The van der Waals surface area contributed by atoms with Gasteiger partial charge >= 0.3 is 5.69 Å². The Morgan fingerprint density at radius 3 is 2.85 bits per heavy atom. The fourth-order valence-corrected chi connectivity index (χ4v) is 1.86. The van der Waals surface area contributed by atoms with Gasteiger partial charge in [-0.1, -0.05) is 29.8 Å². The first-order chi connectivity index (χ1) is 9.63. The number of nitrogens with zero attached hydrogens (tertiary/aromatic N) is 3. The Balaban J connectivity index is 2.40. The second-order valence-corrected chi connectivity index (χ2v) is 4.19. The molecular formula is C12H11ClN4O3. The largest absolute Gasteiger partial charge is 0.380 e. The molecule has 0 saturated carbocycles. The quantitative estimate of drug-likeness (QED) is 0.518. The monoisotopic (exact) mass is 294 g/mol. The van der Waals surface area contributed by atoms with E-state index in [-0.39, 0.29) is 16.7 Å². The summed E-state index contributed by atoms with van der Waals surface area (Å²) in [7, 11) is 1.57. The number of rotatable bonds is 5. The molecule has 2 rings (SSSR count). The number of aromatic nitrogens is 2. The van der Waals surface area contributed by atoms with Gasteiger partial charge in [-0.3, -0.25) is 10.1 Å². The van der Waals surface area contributed by atoms with Crippen LogP contribution in [0.2, 0.25) is 5.15 Å². The van der Waals surface area contributed by atoms with Crippen LogP contribution in [0.5, 0.6) is 0 Å². The molecule has 0 atom stereocenters. The molecule has 0 aliphatic heterocycles. The Morgan fingerprint density at radius 2 is 2.15 bits per heavy atom. The molecule has 104 valence electrons. The number of ether oxygens (including phenoxy) is 1. The summed E-state index contributed by atoms with van der Waals surface area (Å²) >= 11 is 5.73. The highest BCUT2D eigenvalue weighted by Gasteiger charge is 2.22. The second kappa shape index (κ2) is 6.27. The highest BCUT2D eigenvalue weighted by atomic mass is 35.5. The zero-order valence-corrected chi connectivity index (χ0v) is 11.3. The molecule has 20 heavy (non-hydrogen) atoms. The van der Waals surface area contributed by atoms with E-state index >= 15 is 0 Å². The molecule has 0 aliphatic rings. The number of para-hydroxylation sites is 1. The molecule has 0 amide bonds. The van der Waals surface area contributed by atoms with Crippen molar-refractivity contribution >= 4 is 28.8 Å². The lowest BCUT2D eigenvalue weighted by Crippen LogP contribution is -2.03. The van der Waals surface area contributed by atoms with Gasteiger partial charge < -0.3 is 10.1 Å². The van der Waals surface area contributed by atoms with Crippen molar-refractivity contribution in [2.75, 3.05) is 12.4 Å². The Bertz CT molecular complexity index is 636. The molecule has 0 saturated heterocycles. The maximum absolute atomic E-state index is 11.0. The van der Waals surface area contributed by atoms with E-state index < -0.39 is 4.92 Å². The molecule has 0 aliphatic carbocycles. The van der Waals surface area contributed by atoms with Crippen LogP contribution in [0.15, 0.2) is 30.6 Å². The molecule has 0 unspecified atom stereocenters. The zero-order chi connectivity index (χ0) is 14.5. The first-order valence-electron chi connectivity index (χ1n) is 5.62. The summed E-state index contributed by atoms with van der Waals surface area (Å²) in [6.45, 7) is 0.371. The lowest BCUT2D eigenvalue weighted by atomic mass is 10.2. The molecule has 0 fully saturated rings. The molecule has 1 heterocycles. The average molecular weight is 295 g/mol. The molecule has 1 aromatic heterocycles. The van der Waals surface area contributed by atoms with Crippen LogP contribution >= 0.6 is 11.6 Å². The van der Waals surface area contributed by atoms with E-state index in [2.05, 4.69) is 15.3 Å². The highest BCUT2D eigenvalue weighted by molar-refractivity contribution is 6.31. The summed E-state index contributed by atoms with van der Waals surface area (Å²) in [5.41, 5.74) is 1.15. The van der Waals surface area contributed by atoms with Gasteiger partial charge in [0.15, 0.2) is 0 Å². The van der Waals surface area contributed by atoms with Gasteiger partial charge in [0.05, 0.1) is 11.5 Å². The number of halogens is 1. The van der Waals surface area contributed by atoms with E-state index in [1.54, 1.807) is 19.2 Å². The van der Waals surface area contributed by atoms with Gasteiger partial charge in [-0.15, -0.1) is 0 Å². The van der Waals surface area contributed by atoms with Crippen LogP contribution in [0.25, 0.3) is 0 Å². The first-order valence-corrected chi connectivity index (χ1v) is 6.00. The minimum absolute atomic E-state index is 0.0403. The first kappa shape index (κ1) is 14.2. The number of methoxy groups -OCH3 is 1. The summed E-state index contributed by atoms with van der Waals surface area (Å²) in [4.78, 5) is 17.9. The van der Waals surface area contributed by atoms with Crippen LogP contribution in [-0.4, -0.2) is 22.0 Å². The van der Waals surface area contributed by atoms with Crippen LogP contribution in [0.4, 0.5) is 17.2 Å². The third-order valence-corrected chi connectivity index (χ3v) is 2.81. The van der Waals surface area contributed by atoms with E-state index in [0.717, 1.165) is 11.9 Å². The van der Waals surface area contributed by atoms with E-state index in [0.29, 0.717) is 12.3 Å². The minimum atomic E-state index is -0.621. The SMILES string of the molecule is COCc1ccccc1Nc1ncnc(Cl)c1[N+](=O)[O-]. The summed E-state index contributed by atoms with van der Waals surface area (Å²) < 4.78 is 5.07. The predicted molar refractivity (Wildman–Crippen MR) is 74.1 cm³/mol. The molecule has 2 aromatic rings. The van der Waals surface area contributed by atoms with Crippen molar-refractivity contribution in [3.05, 3.63) is 51.4 Å². The fourth-order valence-electron chi connectivity index (χ4n) is 1.66. The van der Waals surface area contributed by atoms with Gasteiger partial charge in [-0.25, -0.2) is 9.97 Å². The number of hydrogen-bond donors (Lipinski definition) is 1. The van der Waals surface area contributed by atoms with Crippen LogP contribution in [0.3, 0.4) is 0 Å². The molecule has 1 aromatic carbocycles. The van der Waals surface area contributed by atoms with Gasteiger partial charge in [0, 0.05) is 18.4 Å².